The molecule has 3 N–H and O–H groups in total. The average molecular weight is 305 g/mol. The Hall–Kier alpha value is -0.620. The molecule has 0 heterocycles. The van der Waals surface area contributed by atoms with Gasteiger partial charge in [-0.1, -0.05) is 19.1 Å². The lowest BCUT2D eigenvalue weighted by atomic mass is 9.78. The van der Waals surface area contributed by atoms with E-state index in [1.54, 1.807) is 12.1 Å². The second-order valence-electron chi connectivity index (χ2n) is 5.04. The summed E-state index contributed by atoms with van der Waals surface area (Å²) in [6.07, 6.45) is 3.78. The fourth-order valence-corrected chi connectivity index (χ4v) is 3.17. The molecule has 108 valence electrons. The summed E-state index contributed by atoms with van der Waals surface area (Å²) in [6.45, 7) is 2.36. The summed E-state index contributed by atoms with van der Waals surface area (Å²) in [5.41, 5.74) is 6.80. The van der Waals surface area contributed by atoms with Crippen LogP contribution in [0.25, 0.3) is 0 Å². The Kier molecular flexibility index (Phi) is 5.38. The van der Waals surface area contributed by atoms with Gasteiger partial charge in [-0.05, 0) is 43.4 Å². The molecule has 0 saturated heterocycles. The smallest absolute Gasteiger partial charge is 0.240 e. The fourth-order valence-electron chi connectivity index (χ4n) is 2.03. The highest BCUT2D eigenvalue weighted by Crippen LogP contribution is 2.28. The van der Waals surface area contributed by atoms with Gasteiger partial charge in [-0.2, -0.15) is 0 Å². The average Bonchev–Trinajstić information content (AvgIpc) is 2.34. The zero-order valence-electron chi connectivity index (χ0n) is 11.1. The number of halogens is 1. The molecule has 0 bridgehead atoms. The normalized spacial score (nSPS) is 17.4. The predicted octanol–water partition coefficient (Wildman–Crippen LogP) is 1.83. The largest absolute Gasteiger partial charge is 0.324 e. The van der Waals surface area contributed by atoms with E-state index in [0.717, 1.165) is 31.2 Å². The maximum atomic E-state index is 12.1. The number of benzene rings is 1. The SMILES string of the molecule is CCc1ccc(S(=O)(=O)NCC2(N)CCC2)cc1.Cl. The number of nitrogens with one attached hydrogen (secondary N) is 1. The lowest BCUT2D eigenvalue weighted by Crippen LogP contribution is -2.54. The third-order valence-corrected chi connectivity index (χ3v) is 5.02. The summed E-state index contributed by atoms with van der Waals surface area (Å²) in [5.74, 6) is 0. The molecule has 19 heavy (non-hydrogen) atoms. The summed E-state index contributed by atoms with van der Waals surface area (Å²) in [4.78, 5) is 0.308. The predicted molar refractivity (Wildman–Crippen MR) is 79.0 cm³/mol. The molecule has 0 spiro atoms. The van der Waals surface area contributed by atoms with E-state index in [4.69, 9.17) is 5.73 Å². The molecule has 1 aromatic rings. The molecule has 2 rings (SSSR count). The van der Waals surface area contributed by atoms with Gasteiger partial charge < -0.3 is 5.73 Å². The lowest BCUT2D eigenvalue weighted by molar-refractivity contribution is 0.251. The Morgan fingerprint density at radius 1 is 1.26 bits per heavy atom. The minimum Gasteiger partial charge on any atom is -0.324 e. The summed E-state index contributed by atoms with van der Waals surface area (Å²) in [5, 5.41) is 0. The van der Waals surface area contributed by atoms with Crippen LogP contribution in [0.2, 0.25) is 0 Å². The van der Waals surface area contributed by atoms with E-state index in [-0.39, 0.29) is 17.9 Å². The maximum Gasteiger partial charge on any atom is 0.240 e. The first-order valence-electron chi connectivity index (χ1n) is 6.33. The number of nitrogens with two attached hydrogens (primary N) is 1. The molecule has 1 aromatic carbocycles. The highest BCUT2D eigenvalue weighted by Gasteiger charge is 2.33. The van der Waals surface area contributed by atoms with Crippen LogP contribution in [0.5, 0.6) is 0 Å². The molecule has 1 aliphatic carbocycles. The molecule has 0 radical (unpaired) electrons. The Bertz CT molecular complexity index is 510. The molecule has 6 heteroatoms. The van der Waals surface area contributed by atoms with Gasteiger partial charge in [0.05, 0.1) is 4.90 Å². The Morgan fingerprint density at radius 2 is 1.84 bits per heavy atom. The van der Waals surface area contributed by atoms with Crippen molar-refractivity contribution in [1.82, 2.24) is 4.72 Å². The summed E-state index contributed by atoms with van der Waals surface area (Å²) < 4.78 is 26.7. The van der Waals surface area contributed by atoms with Crippen LogP contribution in [0.1, 0.15) is 31.7 Å². The van der Waals surface area contributed by atoms with Crippen molar-refractivity contribution >= 4 is 22.4 Å². The van der Waals surface area contributed by atoms with Gasteiger partial charge in [-0.25, -0.2) is 13.1 Å². The van der Waals surface area contributed by atoms with E-state index in [1.165, 1.54) is 0 Å². The van der Waals surface area contributed by atoms with Gasteiger partial charge in [0.15, 0.2) is 0 Å². The fraction of sp³-hybridized carbons (Fsp3) is 0.538. The van der Waals surface area contributed by atoms with Gasteiger partial charge in [0.1, 0.15) is 0 Å². The summed E-state index contributed by atoms with van der Waals surface area (Å²) in [7, 11) is -3.42. The van der Waals surface area contributed by atoms with Crippen LogP contribution in [0.4, 0.5) is 0 Å². The van der Waals surface area contributed by atoms with Crippen molar-refractivity contribution in [2.45, 2.75) is 43.0 Å². The van der Waals surface area contributed by atoms with Crippen molar-refractivity contribution < 1.29 is 8.42 Å². The standard InChI is InChI=1S/C13H20N2O2S.ClH/c1-2-11-4-6-12(7-5-11)18(16,17)15-10-13(14)8-3-9-13;/h4-7,15H,2-3,8-10,14H2,1H3;1H. The number of sulfonamides is 1. The first-order valence-corrected chi connectivity index (χ1v) is 7.81. The Labute approximate surface area is 121 Å². The second kappa shape index (κ2) is 6.22. The van der Waals surface area contributed by atoms with Crippen molar-refractivity contribution in [3.8, 4) is 0 Å². The number of aryl methyl sites for hydroxylation is 1. The second-order valence-corrected chi connectivity index (χ2v) is 6.80. The van der Waals surface area contributed by atoms with E-state index >= 15 is 0 Å². The van der Waals surface area contributed by atoms with Crippen LogP contribution in [0.3, 0.4) is 0 Å². The zero-order valence-corrected chi connectivity index (χ0v) is 12.7. The molecule has 1 saturated carbocycles. The van der Waals surface area contributed by atoms with Crippen LogP contribution in [0, 0.1) is 0 Å². The Morgan fingerprint density at radius 3 is 2.26 bits per heavy atom. The first kappa shape index (κ1) is 16.4. The van der Waals surface area contributed by atoms with Crippen LogP contribution in [-0.4, -0.2) is 20.5 Å². The molecule has 1 aliphatic rings. The van der Waals surface area contributed by atoms with Gasteiger partial charge in [0.25, 0.3) is 0 Å². The molecule has 0 aliphatic heterocycles. The van der Waals surface area contributed by atoms with Gasteiger partial charge in [0, 0.05) is 12.1 Å². The molecule has 0 aromatic heterocycles. The highest BCUT2D eigenvalue weighted by atomic mass is 35.5. The molecule has 0 amide bonds. The third-order valence-electron chi connectivity index (χ3n) is 3.61. The van der Waals surface area contributed by atoms with E-state index in [1.807, 2.05) is 19.1 Å². The van der Waals surface area contributed by atoms with Crippen molar-refractivity contribution in [3.05, 3.63) is 29.8 Å². The maximum absolute atomic E-state index is 12.1. The van der Waals surface area contributed by atoms with E-state index in [0.29, 0.717) is 11.4 Å². The van der Waals surface area contributed by atoms with Crippen LogP contribution < -0.4 is 10.5 Å². The minimum absolute atomic E-state index is 0. The minimum atomic E-state index is -3.42. The topological polar surface area (TPSA) is 72.2 Å². The Balaban J connectivity index is 0.00000180. The van der Waals surface area contributed by atoms with Crippen molar-refractivity contribution in [2.75, 3.05) is 6.54 Å². The van der Waals surface area contributed by atoms with Crippen molar-refractivity contribution in [3.63, 3.8) is 0 Å². The number of rotatable bonds is 5. The molecule has 0 unspecified atom stereocenters. The quantitative estimate of drug-likeness (QED) is 0.871. The molecule has 0 atom stereocenters. The zero-order chi connectivity index (χ0) is 13.2. The highest BCUT2D eigenvalue weighted by molar-refractivity contribution is 7.89. The van der Waals surface area contributed by atoms with Crippen LogP contribution in [-0.2, 0) is 16.4 Å². The first-order chi connectivity index (χ1) is 8.45. The number of hydrogen-bond donors (Lipinski definition) is 2. The van der Waals surface area contributed by atoms with E-state index in [9.17, 15) is 8.42 Å². The molecular weight excluding hydrogens is 284 g/mol. The van der Waals surface area contributed by atoms with Crippen molar-refractivity contribution in [2.24, 2.45) is 5.73 Å². The third kappa shape index (κ3) is 3.92. The summed E-state index contributed by atoms with van der Waals surface area (Å²) in [6, 6.07) is 6.97. The molecular formula is C13H21ClN2O2S. The molecule has 1 fully saturated rings. The van der Waals surface area contributed by atoms with Gasteiger partial charge in [-0.3, -0.25) is 0 Å². The van der Waals surface area contributed by atoms with Gasteiger partial charge in [-0.15, -0.1) is 12.4 Å². The molecule has 4 nitrogen and oxygen atoms in total. The summed E-state index contributed by atoms with van der Waals surface area (Å²) >= 11 is 0. The van der Waals surface area contributed by atoms with Crippen LogP contribution in [0.15, 0.2) is 29.2 Å². The monoisotopic (exact) mass is 304 g/mol. The van der Waals surface area contributed by atoms with Gasteiger partial charge >= 0.3 is 0 Å². The van der Waals surface area contributed by atoms with Crippen molar-refractivity contribution in [1.29, 1.82) is 0 Å². The number of hydrogen-bond acceptors (Lipinski definition) is 3. The van der Waals surface area contributed by atoms with Crippen LogP contribution >= 0.6 is 12.4 Å². The van der Waals surface area contributed by atoms with Gasteiger partial charge in [0.2, 0.25) is 10.0 Å². The van der Waals surface area contributed by atoms with E-state index < -0.39 is 10.0 Å². The lowest BCUT2D eigenvalue weighted by Gasteiger charge is -2.38. The van der Waals surface area contributed by atoms with E-state index in [2.05, 4.69) is 4.72 Å².